The Balaban J connectivity index is 2.07. The molecular formula is C19H27NO. The monoisotopic (exact) mass is 285 g/mol. The van der Waals surface area contributed by atoms with Crippen LogP contribution in [0, 0.1) is 0 Å². The average molecular weight is 285 g/mol. The first-order chi connectivity index (χ1) is 10.3. The molecule has 0 unspecified atom stereocenters. The van der Waals surface area contributed by atoms with E-state index in [1.54, 1.807) is 12.3 Å². The summed E-state index contributed by atoms with van der Waals surface area (Å²) < 4.78 is 0. The lowest BCUT2D eigenvalue weighted by Gasteiger charge is -1.98. The number of amides is 1. The highest BCUT2D eigenvalue weighted by Gasteiger charge is 1.91. The SMILES string of the molecule is CCCCCCCC/C=C/NC(=O)/C=C/c1ccccc1. The highest BCUT2D eigenvalue weighted by Crippen LogP contribution is 2.06. The fourth-order valence-electron chi connectivity index (χ4n) is 2.05. The van der Waals surface area contributed by atoms with Crippen LogP contribution in [0.25, 0.3) is 6.08 Å². The third kappa shape index (κ3) is 9.67. The van der Waals surface area contributed by atoms with Gasteiger partial charge < -0.3 is 5.32 Å². The Hall–Kier alpha value is -1.83. The lowest BCUT2D eigenvalue weighted by atomic mass is 10.1. The van der Waals surface area contributed by atoms with Crippen LogP contribution in [0.1, 0.15) is 57.4 Å². The molecule has 1 amide bonds. The van der Waals surface area contributed by atoms with Crippen LogP contribution in [0.3, 0.4) is 0 Å². The van der Waals surface area contributed by atoms with E-state index in [1.807, 2.05) is 42.5 Å². The van der Waals surface area contributed by atoms with E-state index in [-0.39, 0.29) is 5.91 Å². The van der Waals surface area contributed by atoms with E-state index < -0.39 is 0 Å². The summed E-state index contributed by atoms with van der Waals surface area (Å²) in [5.41, 5.74) is 1.03. The molecule has 1 rings (SSSR count). The van der Waals surface area contributed by atoms with Crippen LogP contribution in [0.15, 0.2) is 48.7 Å². The number of nitrogens with one attached hydrogen (secondary N) is 1. The van der Waals surface area contributed by atoms with Gasteiger partial charge in [0.2, 0.25) is 5.91 Å². The Kier molecular flexibility index (Phi) is 9.80. The Labute approximate surface area is 129 Å². The van der Waals surface area contributed by atoms with Crippen LogP contribution in [0.4, 0.5) is 0 Å². The molecule has 0 atom stereocenters. The summed E-state index contributed by atoms with van der Waals surface area (Å²) in [5, 5.41) is 2.76. The molecule has 0 heterocycles. The van der Waals surface area contributed by atoms with Crippen molar-refractivity contribution >= 4 is 12.0 Å². The van der Waals surface area contributed by atoms with Gasteiger partial charge in [-0.1, -0.05) is 75.4 Å². The standard InChI is InChI=1S/C19H27NO/c1-2-3-4-5-6-7-8-12-17-20-19(21)16-15-18-13-10-9-11-14-18/h9-17H,2-8H2,1H3,(H,20,21)/b16-15+,17-12+. The number of carbonyl (C=O) groups excluding carboxylic acids is 1. The van der Waals surface area contributed by atoms with E-state index in [0.29, 0.717) is 0 Å². The minimum Gasteiger partial charge on any atom is -0.329 e. The molecule has 1 aromatic carbocycles. The Morgan fingerprint density at radius 2 is 1.76 bits per heavy atom. The van der Waals surface area contributed by atoms with Gasteiger partial charge in [-0.05, 0) is 24.5 Å². The van der Waals surface area contributed by atoms with E-state index in [0.717, 1.165) is 12.0 Å². The maximum atomic E-state index is 11.6. The molecule has 0 saturated heterocycles. The first-order valence-corrected chi connectivity index (χ1v) is 8.01. The molecule has 0 aliphatic carbocycles. The predicted molar refractivity (Wildman–Crippen MR) is 90.8 cm³/mol. The summed E-state index contributed by atoms with van der Waals surface area (Å²) in [6.07, 6.45) is 16.0. The Bertz CT molecular complexity index is 434. The molecule has 21 heavy (non-hydrogen) atoms. The molecule has 0 aliphatic rings. The highest BCUT2D eigenvalue weighted by molar-refractivity contribution is 5.92. The number of carbonyl (C=O) groups is 1. The van der Waals surface area contributed by atoms with E-state index in [2.05, 4.69) is 12.2 Å². The van der Waals surface area contributed by atoms with Gasteiger partial charge in [-0.15, -0.1) is 0 Å². The molecular weight excluding hydrogens is 258 g/mol. The van der Waals surface area contributed by atoms with Crippen molar-refractivity contribution in [3.8, 4) is 0 Å². The molecule has 114 valence electrons. The molecule has 0 spiro atoms. The van der Waals surface area contributed by atoms with Crippen molar-refractivity contribution in [3.05, 3.63) is 54.2 Å². The van der Waals surface area contributed by atoms with Gasteiger partial charge in [0.25, 0.3) is 0 Å². The van der Waals surface area contributed by atoms with Crippen LogP contribution in [-0.4, -0.2) is 5.91 Å². The summed E-state index contributed by atoms with van der Waals surface area (Å²) in [7, 11) is 0. The van der Waals surface area contributed by atoms with Gasteiger partial charge in [0.05, 0.1) is 0 Å². The third-order valence-corrected chi connectivity index (χ3v) is 3.29. The molecule has 0 aliphatic heterocycles. The van der Waals surface area contributed by atoms with Crippen LogP contribution in [0.2, 0.25) is 0 Å². The van der Waals surface area contributed by atoms with Gasteiger partial charge in [0, 0.05) is 12.3 Å². The van der Waals surface area contributed by atoms with E-state index >= 15 is 0 Å². The number of rotatable bonds is 10. The Morgan fingerprint density at radius 3 is 2.52 bits per heavy atom. The normalized spacial score (nSPS) is 11.3. The lowest BCUT2D eigenvalue weighted by Crippen LogP contribution is -2.13. The molecule has 0 saturated carbocycles. The summed E-state index contributed by atoms with van der Waals surface area (Å²) >= 11 is 0. The fraction of sp³-hybridized carbons (Fsp3) is 0.421. The van der Waals surface area contributed by atoms with Crippen molar-refractivity contribution < 1.29 is 4.79 Å². The molecule has 0 fully saturated rings. The summed E-state index contributed by atoms with van der Waals surface area (Å²) in [5.74, 6) is -0.0851. The lowest BCUT2D eigenvalue weighted by molar-refractivity contribution is -0.115. The number of unbranched alkanes of at least 4 members (excludes halogenated alkanes) is 6. The zero-order valence-electron chi connectivity index (χ0n) is 13.1. The van der Waals surface area contributed by atoms with Crippen molar-refractivity contribution in [1.29, 1.82) is 0 Å². The minimum atomic E-state index is -0.0851. The van der Waals surface area contributed by atoms with Crippen molar-refractivity contribution in [2.45, 2.75) is 51.9 Å². The van der Waals surface area contributed by atoms with Crippen LogP contribution >= 0.6 is 0 Å². The minimum absolute atomic E-state index is 0.0851. The average Bonchev–Trinajstić information content (AvgIpc) is 2.52. The van der Waals surface area contributed by atoms with E-state index in [4.69, 9.17) is 0 Å². The van der Waals surface area contributed by atoms with Crippen molar-refractivity contribution in [2.75, 3.05) is 0 Å². The molecule has 1 aromatic rings. The molecule has 0 radical (unpaired) electrons. The molecule has 2 heteroatoms. The summed E-state index contributed by atoms with van der Waals surface area (Å²) in [6, 6.07) is 9.81. The first kappa shape index (κ1) is 17.2. The molecule has 2 nitrogen and oxygen atoms in total. The zero-order valence-corrected chi connectivity index (χ0v) is 13.1. The number of allylic oxidation sites excluding steroid dienone is 1. The second-order valence-corrected chi connectivity index (χ2v) is 5.21. The zero-order chi connectivity index (χ0) is 15.2. The van der Waals surface area contributed by atoms with Gasteiger partial charge in [-0.3, -0.25) is 4.79 Å². The highest BCUT2D eigenvalue weighted by atomic mass is 16.1. The van der Waals surface area contributed by atoms with Crippen LogP contribution in [0.5, 0.6) is 0 Å². The third-order valence-electron chi connectivity index (χ3n) is 3.29. The topological polar surface area (TPSA) is 29.1 Å². The number of hydrogen-bond acceptors (Lipinski definition) is 1. The molecule has 0 aromatic heterocycles. The van der Waals surface area contributed by atoms with E-state index in [9.17, 15) is 4.79 Å². The van der Waals surface area contributed by atoms with Gasteiger partial charge >= 0.3 is 0 Å². The van der Waals surface area contributed by atoms with Crippen LogP contribution in [-0.2, 0) is 4.79 Å². The van der Waals surface area contributed by atoms with Gasteiger partial charge in [0.1, 0.15) is 0 Å². The van der Waals surface area contributed by atoms with Crippen molar-refractivity contribution in [2.24, 2.45) is 0 Å². The Morgan fingerprint density at radius 1 is 1.05 bits per heavy atom. The smallest absolute Gasteiger partial charge is 0.247 e. The second kappa shape index (κ2) is 12.0. The van der Waals surface area contributed by atoms with Crippen molar-refractivity contribution in [3.63, 3.8) is 0 Å². The van der Waals surface area contributed by atoms with Gasteiger partial charge in [-0.2, -0.15) is 0 Å². The maximum Gasteiger partial charge on any atom is 0.247 e. The van der Waals surface area contributed by atoms with Gasteiger partial charge in [0.15, 0.2) is 0 Å². The maximum absolute atomic E-state index is 11.6. The number of benzene rings is 1. The summed E-state index contributed by atoms with van der Waals surface area (Å²) in [4.78, 5) is 11.6. The van der Waals surface area contributed by atoms with Crippen LogP contribution < -0.4 is 5.32 Å². The quantitative estimate of drug-likeness (QED) is 0.471. The molecule has 1 N–H and O–H groups in total. The summed E-state index contributed by atoms with van der Waals surface area (Å²) in [6.45, 7) is 2.23. The fourth-order valence-corrected chi connectivity index (χ4v) is 2.05. The second-order valence-electron chi connectivity index (χ2n) is 5.21. The van der Waals surface area contributed by atoms with Gasteiger partial charge in [-0.25, -0.2) is 0 Å². The molecule has 0 bridgehead atoms. The van der Waals surface area contributed by atoms with Crippen molar-refractivity contribution in [1.82, 2.24) is 5.32 Å². The largest absolute Gasteiger partial charge is 0.329 e. The number of hydrogen-bond donors (Lipinski definition) is 1. The predicted octanol–water partition coefficient (Wildman–Crippen LogP) is 5.08. The van der Waals surface area contributed by atoms with E-state index in [1.165, 1.54) is 38.5 Å². The first-order valence-electron chi connectivity index (χ1n) is 8.01.